The van der Waals surface area contributed by atoms with Crippen LogP contribution in [0.15, 0.2) is 48.5 Å². The SMILES string of the molecule is Cc1c(C(=S)NC2CCCCC2O)cc(-c2ccc(Cl)cc2Cl)n1-c1ccc(OS(=O)(=O)CCC(F)(F)F)cc1. The lowest BCUT2D eigenvalue weighted by Crippen LogP contribution is -2.44. The minimum atomic E-state index is -4.62. The first-order valence-electron chi connectivity index (χ1n) is 12.5. The molecule has 0 amide bonds. The average molecular weight is 636 g/mol. The van der Waals surface area contributed by atoms with Gasteiger partial charge in [0, 0.05) is 27.5 Å². The Labute approximate surface area is 246 Å². The number of hydrogen-bond acceptors (Lipinski definition) is 5. The molecule has 2 N–H and O–H groups in total. The summed E-state index contributed by atoms with van der Waals surface area (Å²) in [6, 6.07) is 12.7. The molecule has 6 nitrogen and oxygen atoms in total. The Kier molecular flexibility index (Phi) is 9.41. The summed E-state index contributed by atoms with van der Waals surface area (Å²) in [5, 5.41) is 14.6. The minimum absolute atomic E-state index is 0.120. The number of aliphatic hydroxyl groups excluding tert-OH is 1. The molecule has 1 aliphatic rings. The number of aliphatic hydroxyl groups is 1. The second kappa shape index (κ2) is 12.3. The second-order valence-corrected chi connectivity index (χ2v) is 12.6. The Bertz CT molecular complexity index is 1490. The first-order valence-corrected chi connectivity index (χ1v) is 15.2. The monoisotopic (exact) mass is 634 g/mol. The molecule has 2 unspecified atom stereocenters. The number of halogens is 5. The van der Waals surface area contributed by atoms with Crippen molar-refractivity contribution in [2.45, 2.75) is 57.3 Å². The number of nitrogens with zero attached hydrogens (tertiary/aromatic N) is 1. The van der Waals surface area contributed by atoms with Crippen molar-refractivity contribution in [3.8, 4) is 22.7 Å². The number of nitrogens with one attached hydrogen (secondary N) is 1. The van der Waals surface area contributed by atoms with Gasteiger partial charge in [0.05, 0.1) is 35.0 Å². The molecule has 1 saturated carbocycles. The van der Waals surface area contributed by atoms with Gasteiger partial charge in [0.25, 0.3) is 0 Å². The molecule has 0 bridgehead atoms. The van der Waals surface area contributed by atoms with Crippen molar-refractivity contribution >= 4 is 50.5 Å². The van der Waals surface area contributed by atoms with Crippen LogP contribution < -0.4 is 9.50 Å². The fourth-order valence-corrected chi connectivity index (χ4v) is 6.50. The van der Waals surface area contributed by atoms with Crippen LogP contribution in [0.2, 0.25) is 10.0 Å². The third kappa shape index (κ3) is 7.50. The number of alkyl halides is 3. The highest BCUT2D eigenvalue weighted by Gasteiger charge is 2.31. The van der Waals surface area contributed by atoms with Crippen LogP contribution in [0.25, 0.3) is 16.9 Å². The van der Waals surface area contributed by atoms with Crippen molar-refractivity contribution < 1.29 is 30.9 Å². The first kappa shape index (κ1) is 30.6. The standard InChI is InChI=1S/C27H27Cl2F3N2O4S2/c1-16-21(26(39)33-23-4-2-3-5-25(23)35)15-24(20-11-6-17(28)14-22(20)29)34(16)18-7-9-19(10-8-18)38-40(36,37)13-12-27(30,31)32/h6-11,14-15,23,25,35H,2-5,12-13H2,1H3,(H,33,39). The number of aromatic nitrogens is 1. The summed E-state index contributed by atoms with van der Waals surface area (Å²) < 4.78 is 68.2. The van der Waals surface area contributed by atoms with Gasteiger partial charge in [-0.3, -0.25) is 0 Å². The summed E-state index contributed by atoms with van der Waals surface area (Å²) in [6.07, 6.45) is -3.17. The van der Waals surface area contributed by atoms with E-state index in [1.165, 1.54) is 12.1 Å². The molecule has 2 aromatic carbocycles. The highest BCUT2D eigenvalue weighted by molar-refractivity contribution is 7.87. The number of benzene rings is 2. The van der Waals surface area contributed by atoms with Gasteiger partial charge in [-0.05, 0) is 68.3 Å². The van der Waals surface area contributed by atoms with E-state index in [0.717, 1.165) is 25.0 Å². The molecule has 1 aliphatic carbocycles. The van der Waals surface area contributed by atoms with Gasteiger partial charge in [0.2, 0.25) is 0 Å². The topological polar surface area (TPSA) is 80.6 Å². The van der Waals surface area contributed by atoms with E-state index in [4.69, 9.17) is 39.6 Å². The van der Waals surface area contributed by atoms with Crippen molar-refractivity contribution in [3.05, 3.63) is 69.8 Å². The molecule has 0 radical (unpaired) electrons. The van der Waals surface area contributed by atoms with Gasteiger partial charge in [0.1, 0.15) is 10.7 Å². The maximum Gasteiger partial charge on any atom is 0.390 e. The van der Waals surface area contributed by atoms with E-state index in [-0.39, 0.29) is 11.8 Å². The molecule has 1 heterocycles. The molecule has 40 heavy (non-hydrogen) atoms. The summed E-state index contributed by atoms with van der Waals surface area (Å²) in [7, 11) is -4.44. The van der Waals surface area contributed by atoms with Gasteiger partial charge in [-0.2, -0.15) is 21.6 Å². The number of thiocarbonyl (C=S) groups is 1. The normalized spacial score (nSPS) is 18.0. The highest BCUT2D eigenvalue weighted by Crippen LogP contribution is 2.36. The van der Waals surface area contributed by atoms with Crippen molar-refractivity contribution in [1.82, 2.24) is 9.88 Å². The highest BCUT2D eigenvalue weighted by atomic mass is 35.5. The molecule has 2 atom stereocenters. The van der Waals surface area contributed by atoms with E-state index < -0.39 is 34.6 Å². The quantitative estimate of drug-likeness (QED) is 0.205. The van der Waals surface area contributed by atoms with E-state index >= 15 is 0 Å². The second-order valence-electron chi connectivity index (χ2n) is 9.62. The van der Waals surface area contributed by atoms with Crippen LogP contribution in [0, 0.1) is 6.92 Å². The zero-order chi connectivity index (χ0) is 29.2. The zero-order valence-corrected chi connectivity index (χ0v) is 24.5. The summed E-state index contributed by atoms with van der Waals surface area (Å²) in [6.45, 7) is 1.86. The molecule has 0 aliphatic heterocycles. The van der Waals surface area contributed by atoms with Crippen LogP contribution in [0.3, 0.4) is 0 Å². The van der Waals surface area contributed by atoms with Gasteiger partial charge in [-0.1, -0.05) is 48.3 Å². The van der Waals surface area contributed by atoms with E-state index in [9.17, 15) is 26.7 Å². The Balaban J connectivity index is 1.69. The van der Waals surface area contributed by atoms with Crippen molar-refractivity contribution in [1.29, 1.82) is 0 Å². The zero-order valence-electron chi connectivity index (χ0n) is 21.3. The average Bonchev–Trinajstić information content (AvgIpc) is 3.21. The van der Waals surface area contributed by atoms with Crippen LogP contribution in [-0.4, -0.2) is 47.2 Å². The number of rotatable bonds is 8. The molecule has 4 rings (SSSR count). The molecule has 216 valence electrons. The van der Waals surface area contributed by atoms with E-state index in [2.05, 4.69) is 5.32 Å². The third-order valence-corrected chi connectivity index (χ3v) is 8.73. The minimum Gasteiger partial charge on any atom is -0.391 e. The van der Waals surface area contributed by atoms with Crippen molar-refractivity contribution in [2.75, 3.05) is 5.75 Å². The van der Waals surface area contributed by atoms with Gasteiger partial charge >= 0.3 is 16.3 Å². The van der Waals surface area contributed by atoms with Gasteiger partial charge in [-0.25, -0.2) is 0 Å². The van der Waals surface area contributed by atoms with E-state index in [0.29, 0.717) is 44.0 Å². The predicted octanol–water partition coefficient (Wildman–Crippen LogP) is 6.99. The summed E-state index contributed by atoms with van der Waals surface area (Å²) >= 11 is 18.4. The molecular weight excluding hydrogens is 608 g/mol. The molecule has 3 aromatic rings. The summed E-state index contributed by atoms with van der Waals surface area (Å²) in [5.41, 5.74) is 3.40. The molecule has 0 saturated heterocycles. The van der Waals surface area contributed by atoms with Crippen molar-refractivity contribution in [3.63, 3.8) is 0 Å². The maximum absolute atomic E-state index is 12.5. The Morgan fingerprint density at radius 3 is 2.42 bits per heavy atom. The third-order valence-electron chi connectivity index (χ3n) is 6.70. The van der Waals surface area contributed by atoms with Crippen LogP contribution in [0.1, 0.15) is 43.4 Å². The molecule has 0 spiro atoms. The molecular formula is C27H27Cl2F3N2O4S2. The molecule has 1 fully saturated rings. The van der Waals surface area contributed by atoms with Crippen molar-refractivity contribution in [2.24, 2.45) is 0 Å². The Morgan fingerprint density at radius 2 is 1.80 bits per heavy atom. The lowest BCUT2D eigenvalue weighted by Gasteiger charge is -2.29. The summed E-state index contributed by atoms with van der Waals surface area (Å²) in [5.74, 6) is -1.30. The predicted molar refractivity (Wildman–Crippen MR) is 154 cm³/mol. The van der Waals surface area contributed by atoms with Gasteiger partial charge in [-0.15, -0.1) is 0 Å². The van der Waals surface area contributed by atoms with Crippen LogP contribution >= 0.6 is 35.4 Å². The Hall–Kier alpha value is -2.31. The van der Waals surface area contributed by atoms with E-state index in [1.54, 1.807) is 30.3 Å². The van der Waals surface area contributed by atoms with Gasteiger partial charge in [0.15, 0.2) is 0 Å². The largest absolute Gasteiger partial charge is 0.391 e. The maximum atomic E-state index is 12.5. The summed E-state index contributed by atoms with van der Waals surface area (Å²) in [4.78, 5) is 0.462. The van der Waals surface area contributed by atoms with Crippen LogP contribution in [-0.2, 0) is 10.1 Å². The Morgan fingerprint density at radius 1 is 1.12 bits per heavy atom. The first-order chi connectivity index (χ1) is 18.7. The fraction of sp³-hybridized carbons (Fsp3) is 0.370. The van der Waals surface area contributed by atoms with E-state index in [1.807, 2.05) is 17.6 Å². The van der Waals surface area contributed by atoms with Crippen LogP contribution in [0.5, 0.6) is 5.75 Å². The lowest BCUT2D eigenvalue weighted by molar-refractivity contribution is -0.130. The molecule has 13 heteroatoms. The smallest absolute Gasteiger partial charge is 0.390 e. The van der Waals surface area contributed by atoms with Gasteiger partial charge < -0.3 is 19.2 Å². The van der Waals surface area contributed by atoms with Crippen LogP contribution in [0.4, 0.5) is 13.2 Å². The fourth-order valence-electron chi connectivity index (χ4n) is 4.67. The number of hydrogen-bond donors (Lipinski definition) is 2. The lowest BCUT2D eigenvalue weighted by atomic mass is 9.92. The molecule has 1 aromatic heterocycles.